The number of thioether (sulfide) groups is 1. The van der Waals surface area contributed by atoms with E-state index in [4.69, 9.17) is 9.47 Å². The molecule has 0 heterocycles. The molecule has 0 unspecified atom stereocenters. The van der Waals surface area contributed by atoms with E-state index in [2.05, 4.69) is 6.92 Å². The van der Waals surface area contributed by atoms with E-state index in [0.717, 1.165) is 29.7 Å². The van der Waals surface area contributed by atoms with Crippen LogP contribution in [0.5, 0.6) is 11.5 Å². The molecular formula is C14H19NO4S. The van der Waals surface area contributed by atoms with Crippen LogP contribution in [0.4, 0.5) is 0 Å². The third-order valence-electron chi connectivity index (χ3n) is 2.62. The highest BCUT2D eigenvalue weighted by Crippen LogP contribution is 2.39. The predicted molar refractivity (Wildman–Crippen MR) is 81.2 cm³/mol. The first-order valence-corrected chi connectivity index (χ1v) is 7.31. The first-order chi connectivity index (χ1) is 9.62. The third-order valence-corrected chi connectivity index (χ3v) is 3.80. The molecule has 6 heteroatoms. The van der Waals surface area contributed by atoms with Gasteiger partial charge in [-0.05, 0) is 29.9 Å². The van der Waals surface area contributed by atoms with Crippen molar-refractivity contribution in [2.75, 3.05) is 20.0 Å². The van der Waals surface area contributed by atoms with Gasteiger partial charge in [-0.15, -0.1) is 11.8 Å². The SMILES string of the molecule is CCCCSc1c(OC)cc(/C=C/[N+](=O)[O-])cc1OC. The average molecular weight is 297 g/mol. The van der Waals surface area contributed by atoms with Crippen LogP contribution in [0.3, 0.4) is 0 Å². The van der Waals surface area contributed by atoms with E-state index in [-0.39, 0.29) is 0 Å². The van der Waals surface area contributed by atoms with E-state index in [1.54, 1.807) is 38.1 Å². The molecule has 5 nitrogen and oxygen atoms in total. The van der Waals surface area contributed by atoms with Gasteiger partial charge < -0.3 is 9.47 Å². The second-order valence-corrected chi connectivity index (χ2v) is 5.16. The summed E-state index contributed by atoms with van der Waals surface area (Å²) in [5, 5.41) is 10.4. The van der Waals surface area contributed by atoms with Crippen LogP contribution in [-0.2, 0) is 0 Å². The van der Waals surface area contributed by atoms with Crippen LogP contribution in [0.25, 0.3) is 6.08 Å². The van der Waals surface area contributed by atoms with Crippen LogP contribution < -0.4 is 9.47 Å². The van der Waals surface area contributed by atoms with E-state index in [9.17, 15) is 10.1 Å². The quantitative estimate of drug-likeness (QED) is 0.316. The summed E-state index contributed by atoms with van der Waals surface area (Å²) in [6.45, 7) is 2.14. The molecule has 0 spiro atoms. The van der Waals surface area contributed by atoms with E-state index in [1.165, 1.54) is 6.08 Å². The van der Waals surface area contributed by atoms with Crippen molar-refractivity contribution in [3.63, 3.8) is 0 Å². The Morgan fingerprint density at radius 1 is 1.30 bits per heavy atom. The van der Waals surface area contributed by atoms with Gasteiger partial charge in [0.05, 0.1) is 24.0 Å². The molecule has 0 aliphatic carbocycles. The standard InChI is InChI=1S/C14H19NO4S/c1-4-5-8-20-14-12(18-2)9-11(6-7-15(16)17)10-13(14)19-3/h6-7,9-10H,4-5,8H2,1-3H3/b7-6+. The molecule has 0 saturated heterocycles. The molecule has 0 N–H and O–H groups in total. The smallest absolute Gasteiger partial charge is 0.235 e. The summed E-state index contributed by atoms with van der Waals surface area (Å²) in [6, 6.07) is 3.55. The summed E-state index contributed by atoms with van der Waals surface area (Å²) in [7, 11) is 3.17. The number of nitrogens with zero attached hydrogens (tertiary/aromatic N) is 1. The van der Waals surface area contributed by atoms with Gasteiger partial charge in [-0.1, -0.05) is 13.3 Å². The number of hydrogen-bond donors (Lipinski definition) is 0. The molecule has 0 aliphatic heterocycles. The minimum absolute atomic E-state index is 0.497. The van der Waals surface area contributed by atoms with Crippen molar-refractivity contribution < 1.29 is 14.4 Å². The summed E-state index contributed by atoms with van der Waals surface area (Å²) in [6.07, 6.45) is 4.56. The predicted octanol–water partition coefficient (Wildman–Crippen LogP) is 3.84. The lowest BCUT2D eigenvalue weighted by Crippen LogP contribution is -1.94. The van der Waals surface area contributed by atoms with Crippen LogP contribution in [0.15, 0.2) is 23.2 Å². The van der Waals surface area contributed by atoms with Crippen LogP contribution >= 0.6 is 11.8 Å². The second-order valence-electron chi connectivity index (χ2n) is 4.06. The minimum atomic E-state index is -0.497. The number of unbranched alkanes of at least 4 members (excludes halogenated alkanes) is 1. The highest BCUT2D eigenvalue weighted by Gasteiger charge is 2.12. The number of rotatable bonds is 8. The van der Waals surface area contributed by atoms with Gasteiger partial charge in [-0.3, -0.25) is 10.1 Å². The normalized spacial score (nSPS) is 10.8. The van der Waals surface area contributed by atoms with Gasteiger partial charge in [0, 0.05) is 6.08 Å². The lowest BCUT2D eigenvalue weighted by molar-refractivity contribution is -0.400. The molecule has 20 heavy (non-hydrogen) atoms. The Labute approximate surface area is 123 Å². The maximum absolute atomic E-state index is 10.4. The maximum atomic E-state index is 10.4. The van der Waals surface area contributed by atoms with Gasteiger partial charge in [-0.25, -0.2) is 0 Å². The molecule has 0 amide bonds. The fourth-order valence-corrected chi connectivity index (χ4v) is 2.81. The van der Waals surface area contributed by atoms with Gasteiger partial charge in [0.1, 0.15) is 11.5 Å². The molecule has 1 aromatic rings. The van der Waals surface area contributed by atoms with Crippen LogP contribution in [0.2, 0.25) is 0 Å². The molecule has 0 bridgehead atoms. The van der Waals surface area contributed by atoms with Crippen molar-refractivity contribution in [1.82, 2.24) is 0 Å². The van der Waals surface area contributed by atoms with Crippen molar-refractivity contribution in [2.24, 2.45) is 0 Å². The number of hydrogen-bond acceptors (Lipinski definition) is 5. The number of nitro groups is 1. The zero-order chi connectivity index (χ0) is 15.0. The average Bonchev–Trinajstić information content (AvgIpc) is 2.45. The number of benzene rings is 1. The van der Waals surface area contributed by atoms with Gasteiger partial charge in [0.15, 0.2) is 0 Å². The molecule has 0 fully saturated rings. The molecule has 1 rings (SSSR count). The maximum Gasteiger partial charge on any atom is 0.235 e. The zero-order valence-electron chi connectivity index (χ0n) is 11.9. The van der Waals surface area contributed by atoms with Crippen molar-refractivity contribution in [3.8, 4) is 11.5 Å². The van der Waals surface area contributed by atoms with Gasteiger partial charge in [-0.2, -0.15) is 0 Å². The molecule has 0 aliphatic rings. The molecule has 110 valence electrons. The molecule has 1 aromatic carbocycles. The molecule has 0 saturated carbocycles. The van der Waals surface area contributed by atoms with Crippen LogP contribution in [-0.4, -0.2) is 24.9 Å². The lowest BCUT2D eigenvalue weighted by atomic mass is 10.2. The van der Waals surface area contributed by atoms with Crippen molar-refractivity contribution in [1.29, 1.82) is 0 Å². The molecule has 0 atom stereocenters. The Morgan fingerprint density at radius 2 is 1.90 bits per heavy atom. The monoisotopic (exact) mass is 297 g/mol. The topological polar surface area (TPSA) is 61.6 Å². The fourth-order valence-electron chi connectivity index (χ4n) is 1.60. The Kier molecular flexibility index (Phi) is 6.93. The van der Waals surface area contributed by atoms with Crippen LogP contribution in [0, 0.1) is 10.1 Å². The molecule has 0 radical (unpaired) electrons. The Balaban J connectivity index is 3.07. The highest BCUT2D eigenvalue weighted by atomic mass is 32.2. The number of methoxy groups -OCH3 is 2. The van der Waals surface area contributed by atoms with E-state index < -0.39 is 4.92 Å². The van der Waals surface area contributed by atoms with Crippen molar-refractivity contribution >= 4 is 17.8 Å². The lowest BCUT2D eigenvalue weighted by Gasteiger charge is -2.13. The van der Waals surface area contributed by atoms with E-state index in [1.807, 2.05) is 0 Å². The first-order valence-electron chi connectivity index (χ1n) is 6.32. The van der Waals surface area contributed by atoms with Gasteiger partial charge in [0.25, 0.3) is 0 Å². The fraction of sp³-hybridized carbons (Fsp3) is 0.429. The van der Waals surface area contributed by atoms with Crippen molar-refractivity contribution in [2.45, 2.75) is 24.7 Å². The third kappa shape index (κ3) is 4.77. The second kappa shape index (κ2) is 8.47. The molecule has 0 aromatic heterocycles. The van der Waals surface area contributed by atoms with E-state index >= 15 is 0 Å². The van der Waals surface area contributed by atoms with Crippen molar-refractivity contribution in [3.05, 3.63) is 34.0 Å². The first kappa shape index (κ1) is 16.4. The van der Waals surface area contributed by atoms with Gasteiger partial charge >= 0.3 is 0 Å². The Bertz CT molecular complexity index is 463. The zero-order valence-corrected chi connectivity index (χ0v) is 12.7. The van der Waals surface area contributed by atoms with E-state index in [0.29, 0.717) is 17.1 Å². The number of ether oxygens (including phenoxy) is 2. The highest BCUT2D eigenvalue weighted by molar-refractivity contribution is 7.99. The summed E-state index contributed by atoms with van der Waals surface area (Å²) in [5.41, 5.74) is 0.676. The summed E-state index contributed by atoms with van der Waals surface area (Å²) >= 11 is 1.67. The van der Waals surface area contributed by atoms with Gasteiger partial charge in [0.2, 0.25) is 6.20 Å². The Morgan fingerprint density at radius 3 is 2.35 bits per heavy atom. The summed E-state index contributed by atoms with van der Waals surface area (Å²) in [5.74, 6) is 2.33. The Hall–Kier alpha value is -1.69. The van der Waals surface area contributed by atoms with Crippen LogP contribution in [0.1, 0.15) is 25.3 Å². The largest absolute Gasteiger partial charge is 0.495 e. The minimum Gasteiger partial charge on any atom is -0.495 e. The molecular weight excluding hydrogens is 278 g/mol. The summed E-state index contributed by atoms with van der Waals surface area (Å²) < 4.78 is 10.7. The summed E-state index contributed by atoms with van der Waals surface area (Å²) in [4.78, 5) is 10.8.